The maximum atomic E-state index is 10.6. The van der Waals surface area contributed by atoms with Crippen molar-refractivity contribution in [1.82, 2.24) is 0 Å². The van der Waals surface area contributed by atoms with E-state index in [0.29, 0.717) is 16.7 Å². The number of rotatable bonds is 0. The zero-order valence-electron chi connectivity index (χ0n) is 13.5. The molecule has 0 aromatic heterocycles. The van der Waals surface area contributed by atoms with Crippen LogP contribution in [0.15, 0.2) is 12.7 Å². The number of fused-ring (bicyclic) bond motifs is 1. The van der Waals surface area contributed by atoms with E-state index < -0.39 is 5.60 Å². The first kappa shape index (κ1) is 15.1. The van der Waals surface area contributed by atoms with E-state index in [4.69, 9.17) is 0 Å². The lowest BCUT2D eigenvalue weighted by atomic mass is 9.64. The van der Waals surface area contributed by atoms with E-state index in [1.807, 2.05) is 6.92 Å². The van der Waals surface area contributed by atoms with Crippen LogP contribution in [0.25, 0.3) is 0 Å². The van der Waals surface area contributed by atoms with Gasteiger partial charge in [-0.05, 0) is 74.5 Å². The maximum Gasteiger partial charge on any atom is 0.0653 e. The van der Waals surface area contributed by atoms with Crippen LogP contribution >= 0.6 is 0 Å². The van der Waals surface area contributed by atoms with E-state index in [9.17, 15) is 5.11 Å². The molecule has 0 unspecified atom stereocenters. The predicted octanol–water partition coefficient (Wildman–Crippen LogP) is 4.80. The van der Waals surface area contributed by atoms with Crippen LogP contribution in [0, 0.1) is 28.6 Å². The van der Waals surface area contributed by atoms with Crippen molar-refractivity contribution < 1.29 is 5.11 Å². The minimum Gasteiger partial charge on any atom is -0.390 e. The van der Waals surface area contributed by atoms with Crippen LogP contribution in [0.2, 0.25) is 0 Å². The Morgan fingerprint density at radius 1 is 1.11 bits per heavy atom. The van der Waals surface area contributed by atoms with Gasteiger partial charge in [0.15, 0.2) is 0 Å². The molecule has 0 aliphatic heterocycles. The van der Waals surface area contributed by atoms with Crippen LogP contribution in [0.5, 0.6) is 0 Å². The predicted molar refractivity (Wildman–Crippen MR) is 81.9 cm³/mol. The summed E-state index contributed by atoms with van der Waals surface area (Å²) in [6.45, 7) is 14.6. The van der Waals surface area contributed by atoms with Gasteiger partial charge in [0.05, 0.1) is 5.60 Å². The topological polar surface area (TPSA) is 20.2 Å². The van der Waals surface area contributed by atoms with Crippen molar-refractivity contribution in [2.75, 3.05) is 0 Å². The summed E-state index contributed by atoms with van der Waals surface area (Å²) in [5, 5.41) is 10.6. The van der Waals surface area contributed by atoms with Crippen molar-refractivity contribution in [3.63, 3.8) is 0 Å². The third-order valence-electron chi connectivity index (χ3n) is 6.79. The molecule has 2 bridgehead atoms. The Kier molecular flexibility index (Phi) is 3.67. The van der Waals surface area contributed by atoms with Crippen LogP contribution in [-0.4, -0.2) is 10.7 Å². The Bertz CT molecular complexity index is 351. The molecule has 110 valence electrons. The van der Waals surface area contributed by atoms with Crippen molar-refractivity contribution in [3.8, 4) is 0 Å². The zero-order chi connectivity index (χ0) is 14.5. The monoisotopic (exact) mass is 264 g/mol. The molecular formula is C18H32O. The minimum atomic E-state index is -0.404. The van der Waals surface area contributed by atoms with E-state index in [2.05, 4.69) is 34.3 Å². The molecular weight excluding hydrogens is 232 g/mol. The van der Waals surface area contributed by atoms with Gasteiger partial charge in [0.1, 0.15) is 0 Å². The Labute approximate surface area is 119 Å². The van der Waals surface area contributed by atoms with Gasteiger partial charge in [-0.2, -0.15) is 0 Å². The van der Waals surface area contributed by atoms with Gasteiger partial charge in [0.25, 0.3) is 0 Å². The highest BCUT2D eigenvalue weighted by Crippen LogP contribution is 2.73. The molecule has 1 spiro atoms. The first-order chi connectivity index (χ1) is 8.72. The summed E-state index contributed by atoms with van der Waals surface area (Å²) < 4.78 is 0. The third-order valence-corrected chi connectivity index (χ3v) is 6.79. The van der Waals surface area contributed by atoms with Crippen LogP contribution in [0.1, 0.15) is 66.7 Å². The second-order valence-corrected chi connectivity index (χ2v) is 8.11. The van der Waals surface area contributed by atoms with Gasteiger partial charge in [-0.1, -0.05) is 26.8 Å². The third kappa shape index (κ3) is 2.00. The summed E-state index contributed by atoms with van der Waals surface area (Å²) in [6, 6.07) is 0. The largest absolute Gasteiger partial charge is 0.390 e. The van der Waals surface area contributed by atoms with Gasteiger partial charge in [-0.25, -0.2) is 0 Å². The van der Waals surface area contributed by atoms with Crippen molar-refractivity contribution in [3.05, 3.63) is 12.7 Å². The van der Waals surface area contributed by atoms with Crippen LogP contribution < -0.4 is 0 Å². The number of hydrogen-bond donors (Lipinski definition) is 1. The Morgan fingerprint density at radius 2 is 1.68 bits per heavy atom. The van der Waals surface area contributed by atoms with E-state index in [0.717, 1.165) is 18.3 Å². The second-order valence-electron chi connectivity index (χ2n) is 8.11. The molecule has 1 N–H and O–H groups in total. The average Bonchev–Trinajstić information content (AvgIpc) is 2.71. The lowest BCUT2D eigenvalue weighted by Gasteiger charge is -2.44. The summed E-state index contributed by atoms with van der Waals surface area (Å²) in [5.74, 6) is 2.29. The summed E-state index contributed by atoms with van der Waals surface area (Å²) in [4.78, 5) is 0. The summed E-state index contributed by atoms with van der Waals surface area (Å²) in [7, 11) is 0. The van der Waals surface area contributed by atoms with Gasteiger partial charge in [-0.15, -0.1) is 6.58 Å². The molecule has 0 amide bonds. The van der Waals surface area contributed by atoms with Gasteiger partial charge in [0, 0.05) is 0 Å². The second kappa shape index (κ2) is 4.62. The minimum absolute atomic E-state index is 0.352. The molecule has 3 fully saturated rings. The molecule has 1 heteroatoms. The maximum absolute atomic E-state index is 10.6. The van der Waals surface area contributed by atoms with E-state index in [1.165, 1.54) is 25.7 Å². The lowest BCUT2D eigenvalue weighted by Crippen LogP contribution is -2.44. The highest BCUT2D eigenvalue weighted by Gasteiger charge is 2.67. The molecule has 3 aliphatic carbocycles. The molecule has 1 nitrogen and oxygen atoms in total. The molecule has 0 aromatic carbocycles. The first-order valence-electron chi connectivity index (χ1n) is 8.02. The standard InChI is InChI=1S/C15H26O.C3H6/c1-10-5-6-11-13(2,3)12-9-15(10,11)8-7-14(12,4)16;1-3-2/h10-12,16H,5-9H2,1-4H3;3H,1H2,2H3/t10-,11+,12-,14-,15+;/m1./s1. The molecule has 3 aliphatic rings. The highest BCUT2D eigenvalue weighted by molar-refractivity contribution is 5.16. The van der Waals surface area contributed by atoms with Crippen LogP contribution in [-0.2, 0) is 0 Å². The fraction of sp³-hybridized carbons (Fsp3) is 0.889. The molecule has 0 aromatic rings. The zero-order valence-corrected chi connectivity index (χ0v) is 13.5. The highest BCUT2D eigenvalue weighted by atomic mass is 16.3. The van der Waals surface area contributed by atoms with E-state index in [-0.39, 0.29) is 0 Å². The van der Waals surface area contributed by atoms with E-state index in [1.54, 1.807) is 6.08 Å². The molecule has 0 heterocycles. The van der Waals surface area contributed by atoms with Crippen molar-refractivity contribution in [2.45, 2.75) is 72.3 Å². The molecule has 3 saturated carbocycles. The molecule has 3 rings (SSSR count). The smallest absolute Gasteiger partial charge is 0.0653 e. The average molecular weight is 264 g/mol. The molecule has 5 atom stereocenters. The van der Waals surface area contributed by atoms with Crippen molar-refractivity contribution >= 4 is 0 Å². The Morgan fingerprint density at radius 3 is 2.26 bits per heavy atom. The SMILES string of the molecule is C=CC.C[C@@H]1CC[C@H]2C(C)(C)[C@H]3C[C@@]12CC[C@@]3(C)O. The number of allylic oxidation sites excluding steroid dienone is 1. The molecule has 19 heavy (non-hydrogen) atoms. The number of aliphatic hydroxyl groups is 1. The first-order valence-corrected chi connectivity index (χ1v) is 8.02. The van der Waals surface area contributed by atoms with Crippen LogP contribution in [0.4, 0.5) is 0 Å². The Hall–Kier alpha value is -0.300. The van der Waals surface area contributed by atoms with Crippen LogP contribution in [0.3, 0.4) is 0 Å². The summed E-state index contributed by atoms with van der Waals surface area (Å²) in [5.41, 5.74) is 0.542. The fourth-order valence-corrected chi connectivity index (χ4v) is 5.88. The molecule has 0 saturated heterocycles. The number of hydrogen-bond acceptors (Lipinski definition) is 1. The summed E-state index contributed by atoms with van der Waals surface area (Å²) in [6.07, 6.45) is 8.16. The quantitative estimate of drug-likeness (QED) is 0.623. The summed E-state index contributed by atoms with van der Waals surface area (Å²) >= 11 is 0. The van der Waals surface area contributed by atoms with Crippen molar-refractivity contribution in [2.24, 2.45) is 28.6 Å². The normalized spacial score (nSPS) is 50.1. The van der Waals surface area contributed by atoms with Gasteiger partial charge < -0.3 is 5.11 Å². The lowest BCUT2D eigenvalue weighted by molar-refractivity contribution is -0.0717. The van der Waals surface area contributed by atoms with E-state index >= 15 is 0 Å². The fourth-order valence-electron chi connectivity index (χ4n) is 5.88. The molecule has 0 radical (unpaired) electrons. The van der Waals surface area contributed by atoms with Gasteiger partial charge >= 0.3 is 0 Å². The Balaban J connectivity index is 0.000000408. The van der Waals surface area contributed by atoms with Gasteiger partial charge in [-0.3, -0.25) is 0 Å². The van der Waals surface area contributed by atoms with Crippen molar-refractivity contribution in [1.29, 1.82) is 0 Å². The van der Waals surface area contributed by atoms with Gasteiger partial charge in [0.2, 0.25) is 0 Å².